The van der Waals surface area contributed by atoms with Crippen molar-refractivity contribution in [3.05, 3.63) is 71.2 Å². The maximum Gasteiger partial charge on any atom is 0.262 e. The first kappa shape index (κ1) is 20.5. The van der Waals surface area contributed by atoms with E-state index in [0.29, 0.717) is 22.1 Å². The molecule has 6 nitrogen and oxygen atoms in total. The summed E-state index contributed by atoms with van der Waals surface area (Å²) in [5.74, 6) is 0.118. The number of aromatic nitrogens is 1. The van der Waals surface area contributed by atoms with E-state index in [9.17, 15) is 9.59 Å². The molecule has 150 valence electrons. The molecule has 3 rings (SSSR count). The largest absolute Gasteiger partial charge is 0.484 e. The smallest absolute Gasteiger partial charge is 0.262 e. The number of anilines is 2. The fourth-order valence-corrected chi connectivity index (χ4v) is 3.08. The van der Waals surface area contributed by atoms with Gasteiger partial charge in [-0.15, -0.1) is 11.3 Å². The molecule has 0 saturated carbocycles. The number of ether oxygens (including phenoxy) is 1. The molecule has 2 N–H and O–H groups in total. The van der Waals surface area contributed by atoms with E-state index in [-0.39, 0.29) is 23.8 Å². The van der Waals surface area contributed by atoms with Gasteiger partial charge in [0.1, 0.15) is 5.75 Å². The lowest BCUT2D eigenvalue weighted by Gasteiger charge is -2.19. The van der Waals surface area contributed by atoms with Gasteiger partial charge in [-0.3, -0.25) is 14.9 Å². The van der Waals surface area contributed by atoms with Gasteiger partial charge in [-0.2, -0.15) is 0 Å². The van der Waals surface area contributed by atoms with Crippen LogP contribution < -0.4 is 15.4 Å². The summed E-state index contributed by atoms with van der Waals surface area (Å²) < 4.78 is 5.55. The highest BCUT2D eigenvalue weighted by Gasteiger charge is 2.13. The van der Waals surface area contributed by atoms with E-state index < -0.39 is 0 Å². The Morgan fingerprint density at radius 2 is 1.69 bits per heavy atom. The van der Waals surface area contributed by atoms with Gasteiger partial charge in [-0.05, 0) is 47.4 Å². The number of carbonyl (C=O) groups excluding carboxylic acids is 2. The minimum absolute atomic E-state index is 0.0687. The number of carbonyl (C=O) groups is 2. The van der Waals surface area contributed by atoms with Crippen LogP contribution in [0.5, 0.6) is 5.75 Å². The van der Waals surface area contributed by atoms with Crippen molar-refractivity contribution < 1.29 is 14.3 Å². The zero-order chi connectivity index (χ0) is 20.9. The van der Waals surface area contributed by atoms with Crippen LogP contribution in [0.3, 0.4) is 0 Å². The average molecular weight is 410 g/mol. The highest BCUT2D eigenvalue weighted by atomic mass is 32.1. The van der Waals surface area contributed by atoms with Gasteiger partial charge in [-0.1, -0.05) is 32.9 Å². The Kier molecular flexibility index (Phi) is 6.29. The van der Waals surface area contributed by atoms with Crippen LogP contribution in [0, 0.1) is 0 Å². The minimum atomic E-state index is -0.273. The number of thiazole rings is 1. The molecule has 1 heterocycles. The molecule has 0 aliphatic rings. The van der Waals surface area contributed by atoms with Crippen molar-refractivity contribution in [3.8, 4) is 5.75 Å². The topological polar surface area (TPSA) is 80.3 Å². The van der Waals surface area contributed by atoms with Gasteiger partial charge in [0.15, 0.2) is 11.7 Å². The van der Waals surface area contributed by atoms with Gasteiger partial charge in [0.05, 0.1) is 0 Å². The normalized spacial score (nSPS) is 11.0. The van der Waals surface area contributed by atoms with E-state index in [1.807, 2.05) is 24.3 Å². The molecule has 29 heavy (non-hydrogen) atoms. The summed E-state index contributed by atoms with van der Waals surface area (Å²) in [4.78, 5) is 28.3. The Hall–Kier alpha value is -3.19. The molecule has 2 aromatic carbocycles. The average Bonchev–Trinajstić information content (AvgIpc) is 3.19. The second kappa shape index (κ2) is 8.87. The molecule has 0 spiro atoms. The lowest BCUT2D eigenvalue weighted by Crippen LogP contribution is -2.20. The fourth-order valence-electron chi connectivity index (χ4n) is 2.56. The van der Waals surface area contributed by atoms with Crippen LogP contribution in [0.1, 0.15) is 36.7 Å². The maximum atomic E-state index is 12.1. The van der Waals surface area contributed by atoms with Crippen molar-refractivity contribution >= 4 is 34.0 Å². The van der Waals surface area contributed by atoms with Gasteiger partial charge in [-0.25, -0.2) is 4.98 Å². The first-order chi connectivity index (χ1) is 13.8. The molecule has 0 aliphatic heterocycles. The molecule has 2 amide bonds. The van der Waals surface area contributed by atoms with Crippen molar-refractivity contribution in [2.75, 3.05) is 17.2 Å². The van der Waals surface area contributed by atoms with E-state index in [2.05, 4.69) is 36.4 Å². The van der Waals surface area contributed by atoms with Crippen LogP contribution in [0.4, 0.5) is 10.8 Å². The van der Waals surface area contributed by atoms with E-state index >= 15 is 0 Å². The molecule has 0 aliphatic carbocycles. The number of nitrogens with zero attached hydrogens (tertiary/aromatic N) is 1. The van der Waals surface area contributed by atoms with Crippen molar-refractivity contribution in [3.63, 3.8) is 0 Å². The molecule has 7 heteroatoms. The molecular formula is C22H23N3O3S. The van der Waals surface area contributed by atoms with Gasteiger partial charge in [0, 0.05) is 22.8 Å². The van der Waals surface area contributed by atoms with E-state index in [1.165, 1.54) is 16.9 Å². The lowest BCUT2D eigenvalue weighted by atomic mass is 9.87. The standard InChI is InChI=1S/C22H23N3O3S/c1-22(2,3)16-6-10-18(11-7-16)28-14-19(26)24-17-8-4-15(5-9-17)20(27)25-21-23-12-13-29-21/h4-13H,14H2,1-3H3,(H,24,26)(H,23,25,27). The molecule has 0 atom stereocenters. The summed E-state index contributed by atoms with van der Waals surface area (Å²) in [6, 6.07) is 14.4. The molecule has 0 bridgehead atoms. The van der Waals surface area contributed by atoms with Crippen molar-refractivity contribution in [1.82, 2.24) is 4.98 Å². The lowest BCUT2D eigenvalue weighted by molar-refractivity contribution is -0.118. The summed E-state index contributed by atoms with van der Waals surface area (Å²) in [6.07, 6.45) is 1.62. The summed E-state index contributed by atoms with van der Waals surface area (Å²) in [7, 11) is 0. The van der Waals surface area contributed by atoms with Crippen LogP contribution >= 0.6 is 11.3 Å². The second-order valence-electron chi connectivity index (χ2n) is 7.48. The Morgan fingerprint density at radius 3 is 2.28 bits per heavy atom. The van der Waals surface area contributed by atoms with E-state index in [0.717, 1.165) is 0 Å². The number of benzene rings is 2. The molecule has 0 radical (unpaired) electrons. The van der Waals surface area contributed by atoms with E-state index in [1.54, 1.807) is 35.8 Å². The number of rotatable bonds is 6. The SMILES string of the molecule is CC(C)(C)c1ccc(OCC(=O)Nc2ccc(C(=O)Nc3nccs3)cc2)cc1. The van der Waals surface area contributed by atoms with Crippen LogP contribution in [0.2, 0.25) is 0 Å². The van der Waals surface area contributed by atoms with Crippen LogP contribution in [-0.2, 0) is 10.2 Å². The molecule has 0 saturated heterocycles. The third-order valence-corrected chi connectivity index (χ3v) is 4.86. The number of hydrogen-bond donors (Lipinski definition) is 2. The predicted molar refractivity (Wildman–Crippen MR) is 116 cm³/mol. The van der Waals surface area contributed by atoms with Crippen molar-refractivity contribution in [2.24, 2.45) is 0 Å². The molecular weight excluding hydrogens is 386 g/mol. The fraction of sp³-hybridized carbons (Fsp3) is 0.227. The number of nitrogens with one attached hydrogen (secondary N) is 2. The zero-order valence-electron chi connectivity index (χ0n) is 16.6. The van der Waals surface area contributed by atoms with Gasteiger partial charge >= 0.3 is 0 Å². The second-order valence-corrected chi connectivity index (χ2v) is 8.37. The quantitative estimate of drug-likeness (QED) is 0.618. The van der Waals surface area contributed by atoms with Gasteiger partial charge in [0.25, 0.3) is 11.8 Å². The third-order valence-electron chi connectivity index (χ3n) is 4.17. The highest BCUT2D eigenvalue weighted by molar-refractivity contribution is 7.13. The van der Waals surface area contributed by atoms with Gasteiger partial charge < -0.3 is 10.1 Å². The predicted octanol–water partition coefficient (Wildman–Crippen LogP) is 4.71. The van der Waals surface area contributed by atoms with Gasteiger partial charge in [0.2, 0.25) is 0 Å². The Labute approximate surface area is 173 Å². The number of hydrogen-bond acceptors (Lipinski definition) is 5. The first-order valence-corrected chi connectivity index (χ1v) is 10.0. The maximum absolute atomic E-state index is 12.1. The van der Waals surface area contributed by atoms with E-state index in [4.69, 9.17) is 4.74 Å². The number of amides is 2. The molecule has 3 aromatic rings. The Bertz CT molecular complexity index is 960. The summed E-state index contributed by atoms with van der Waals surface area (Å²) in [5, 5.41) is 7.79. The summed E-state index contributed by atoms with van der Waals surface area (Å²) in [6.45, 7) is 6.33. The first-order valence-electron chi connectivity index (χ1n) is 9.15. The van der Waals surface area contributed by atoms with Crippen molar-refractivity contribution in [1.29, 1.82) is 0 Å². The van der Waals surface area contributed by atoms with Crippen LogP contribution in [0.25, 0.3) is 0 Å². The van der Waals surface area contributed by atoms with Crippen molar-refractivity contribution in [2.45, 2.75) is 26.2 Å². The van der Waals surface area contributed by atoms with Crippen LogP contribution in [-0.4, -0.2) is 23.4 Å². The molecule has 0 unspecified atom stereocenters. The summed E-state index contributed by atoms with van der Waals surface area (Å²) in [5.41, 5.74) is 2.34. The summed E-state index contributed by atoms with van der Waals surface area (Å²) >= 11 is 1.35. The highest BCUT2D eigenvalue weighted by Crippen LogP contribution is 2.24. The zero-order valence-corrected chi connectivity index (χ0v) is 17.4. The Morgan fingerprint density at radius 1 is 1.00 bits per heavy atom. The third kappa shape index (κ3) is 5.89. The molecule has 1 aromatic heterocycles. The van der Waals surface area contributed by atoms with Crippen LogP contribution in [0.15, 0.2) is 60.1 Å². The monoisotopic (exact) mass is 409 g/mol. The molecule has 0 fully saturated rings. The Balaban J connectivity index is 1.49. The minimum Gasteiger partial charge on any atom is -0.484 e.